The molecule has 3 aromatic rings. The van der Waals surface area contributed by atoms with Crippen LogP contribution in [0.4, 0.5) is 0 Å². The third kappa shape index (κ3) is 3.12. The molecule has 26 heavy (non-hydrogen) atoms. The van der Waals surface area contributed by atoms with E-state index in [2.05, 4.69) is 4.98 Å². The van der Waals surface area contributed by atoms with Gasteiger partial charge in [0.15, 0.2) is 0 Å². The van der Waals surface area contributed by atoms with Crippen LogP contribution in [0.3, 0.4) is 0 Å². The summed E-state index contributed by atoms with van der Waals surface area (Å²) in [5, 5.41) is 0.632. The van der Waals surface area contributed by atoms with Crippen molar-refractivity contribution < 1.29 is 4.79 Å². The molecule has 0 atom stereocenters. The number of hydrogen-bond donors (Lipinski definition) is 0. The lowest BCUT2D eigenvalue weighted by molar-refractivity contribution is -0.132. The Kier molecular flexibility index (Phi) is 4.51. The molecule has 1 saturated heterocycles. The van der Waals surface area contributed by atoms with Crippen molar-refractivity contribution in [3.8, 4) is 5.69 Å². The van der Waals surface area contributed by atoms with Crippen LogP contribution in [-0.4, -0.2) is 38.0 Å². The number of carbonyl (C=O) groups is 1. The predicted octanol–water partition coefficient (Wildman–Crippen LogP) is 2.85. The Morgan fingerprint density at radius 2 is 1.81 bits per heavy atom. The number of likely N-dealkylation sites (tertiary alicyclic amines) is 1. The standard InChI is InChI=1S/C19H19ClN4O2/c20-14-4-6-15(7-5-14)24-11-8-16-18(24)19(26)23(13-21-16)12-17(25)22-9-2-1-3-10-22/h4-8,11,13H,1-3,9-10,12H2. The molecule has 7 heteroatoms. The SMILES string of the molecule is O=C(Cn1cnc2ccn(-c3ccc(Cl)cc3)c2c1=O)N1CCCCC1. The van der Waals surface area contributed by atoms with Crippen LogP contribution in [-0.2, 0) is 11.3 Å². The number of piperidine rings is 1. The van der Waals surface area contributed by atoms with E-state index in [1.54, 1.807) is 29.0 Å². The summed E-state index contributed by atoms with van der Waals surface area (Å²) in [6, 6.07) is 9.03. The molecular weight excluding hydrogens is 352 g/mol. The maximum Gasteiger partial charge on any atom is 0.278 e. The average molecular weight is 371 g/mol. The van der Waals surface area contributed by atoms with Crippen molar-refractivity contribution in [3.63, 3.8) is 0 Å². The number of benzene rings is 1. The molecule has 0 spiro atoms. The second kappa shape index (κ2) is 6.96. The number of carbonyl (C=O) groups excluding carboxylic acids is 1. The maximum absolute atomic E-state index is 13.0. The quantitative estimate of drug-likeness (QED) is 0.712. The Hall–Kier alpha value is -2.60. The van der Waals surface area contributed by atoms with E-state index in [1.807, 2.05) is 17.0 Å². The normalized spacial score (nSPS) is 14.7. The second-order valence-electron chi connectivity index (χ2n) is 6.52. The van der Waals surface area contributed by atoms with Crippen molar-refractivity contribution in [1.82, 2.24) is 19.0 Å². The molecule has 0 radical (unpaired) electrons. The second-order valence-corrected chi connectivity index (χ2v) is 6.95. The van der Waals surface area contributed by atoms with E-state index in [0.29, 0.717) is 16.1 Å². The fourth-order valence-electron chi connectivity index (χ4n) is 3.38. The van der Waals surface area contributed by atoms with E-state index in [1.165, 1.54) is 10.9 Å². The van der Waals surface area contributed by atoms with E-state index >= 15 is 0 Å². The molecule has 0 unspecified atom stereocenters. The molecule has 1 aliphatic rings. The Labute approximate surface area is 155 Å². The van der Waals surface area contributed by atoms with Gasteiger partial charge in [0.25, 0.3) is 5.56 Å². The van der Waals surface area contributed by atoms with E-state index < -0.39 is 0 Å². The number of hydrogen-bond acceptors (Lipinski definition) is 3. The molecule has 0 bridgehead atoms. The summed E-state index contributed by atoms with van der Waals surface area (Å²) in [6.07, 6.45) is 6.47. The zero-order chi connectivity index (χ0) is 18.1. The molecule has 2 aromatic heterocycles. The van der Waals surface area contributed by atoms with Gasteiger partial charge in [0.05, 0.1) is 11.8 Å². The van der Waals surface area contributed by atoms with Gasteiger partial charge in [0.1, 0.15) is 12.1 Å². The highest BCUT2D eigenvalue weighted by Gasteiger charge is 2.18. The Morgan fingerprint density at radius 1 is 1.08 bits per heavy atom. The molecule has 0 saturated carbocycles. The molecule has 6 nitrogen and oxygen atoms in total. The highest BCUT2D eigenvalue weighted by molar-refractivity contribution is 6.30. The number of nitrogens with zero attached hydrogens (tertiary/aromatic N) is 4. The summed E-state index contributed by atoms with van der Waals surface area (Å²) in [5.41, 5.74) is 1.66. The largest absolute Gasteiger partial charge is 0.341 e. The highest BCUT2D eigenvalue weighted by Crippen LogP contribution is 2.18. The molecule has 4 rings (SSSR count). The lowest BCUT2D eigenvalue weighted by atomic mass is 10.1. The Morgan fingerprint density at radius 3 is 2.54 bits per heavy atom. The first-order chi connectivity index (χ1) is 12.6. The molecule has 1 fully saturated rings. The van der Waals surface area contributed by atoms with Crippen molar-refractivity contribution in [2.24, 2.45) is 0 Å². The minimum absolute atomic E-state index is 0.0214. The lowest BCUT2D eigenvalue weighted by Gasteiger charge is -2.26. The number of amides is 1. The smallest absolute Gasteiger partial charge is 0.278 e. The van der Waals surface area contributed by atoms with Crippen molar-refractivity contribution in [3.05, 3.63) is 58.2 Å². The van der Waals surface area contributed by atoms with Crippen molar-refractivity contribution in [1.29, 1.82) is 0 Å². The summed E-state index contributed by atoms with van der Waals surface area (Å²) in [4.78, 5) is 31.7. The number of halogens is 1. The molecule has 0 aliphatic carbocycles. The molecule has 3 heterocycles. The average Bonchev–Trinajstić information content (AvgIpc) is 3.10. The summed E-state index contributed by atoms with van der Waals surface area (Å²) < 4.78 is 3.18. The Balaban J connectivity index is 1.70. The van der Waals surface area contributed by atoms with Crippen LogP contribution in [0.1, 0.15) is 19.3 Å². The predicted molar refractivity (Wildman–Crippen MR) is 101 cm³/mol. The van der Waals surface area contributed by atoms with E-state index in [9.17, 15) is 9.59 Å². The van der Waals surface area contributed by atoms with E-state index in [0.717, 1.165) is 38.0 Å². The number of rotatable bonds is 3. The van der Waals surface area contributed by atoms with Gasteiger partial charge in [-0.3, -0.25) is 14.2 Å². The first kappa shape index (κ1) is 16.8. The topological polar surface area (TPSA) is 60.1 Å². The van der Waals surface area contributed by atoms with Gasteiger partial charge in [0.2, 0.25) is 5.91 Å². The lowest BCUT2D eigenvalue weighted by Crippen LogP contribution is -2.39. The molecule has 134 valence electrons. The van der Waals surface area contributed by atoms with E-state index in [-0.39, 0.29) is 18.0 Å². The van der Waals surface area contributed by atoms with Gasteiger partial charge < -0.3 is 9.47 Å². The van der Waals surface area contributed by atoms with Crippen LogP contribution in [0.5, 0.6) is 0 Å². The molecule has 0 N–H and O–H groups in total. The van der Waals surface area contributed by atoms with Crippen LogP contribution in [0.2, 0.25) is 5.02 Å². The van der Waals surface area contributed by atoms with Gasteiger partial charge >= 0.3 is 0 Å². The van der Waals surface area contributed by atoms with Crippen LogP contribution in [0.25, 0.3) is 16.7 Å². The van der Waals surface area contributed by atoms with Crippen LogP contribution in [0.15, 0.2) is 47.7 Å². The van der Waals surface area contributed by atoms with Crippen molar-refractivity contribution in [2.45, 2.75) is 25.8 Å². The van der Waals surface area contributed by atoms with Crippen molar-refractivity contribution in [2.75, 3.05) is 13.1 Å². The summed E-state index contributed by atoms with van der Waals surface area (Å²) in [7, 11) is 0. The van der Waals surface area contributed by atoms with Crippen LogP contribution in [0, 0.1) is 0 Å². The minimum atomic E-state index is -0.222. The van der Waals surface area contributed by atoms with Crippen LogP contribution < -0.4 is 5.56 Å². The fourth-order valence-corrected chi connectivity index (χ4v) is 3.50. The zero-order valence-electron chi connectivity index (χ0n) is 14.3. The maximum atomic E-state index is 13.0. The number of aromatic nitrogens is 3. The summed E-state index contributed by atoms with van der Waals surface area (Å²) in [6.45, 7) is 1.56. The Bertz CT molecular complexity index is 1000. The third-order valence-corrected chi connectivity index (χ3v) is 5.04. The first-order valence-electron chi connectivity index (χ1n) is 8.74. The summed E-state index contributed by atoms with van der Waals surface area (Å²) in [5.74, 6) is -0.0300. The molecule has 1 amide bonds. The minimum Gasteiger partial charge on any atom is -0.341 e. The summed E-state index contributed by atoms with van der Waals surface area (Å²) >= 11 is 5.95. The molecular formula is C19H19ClN4O2. The molecule has 1 aromatic carbocycles. The fraction of sp³-hybridized carbons (Fsp3) is 0.316. The van der Waals surface area contributed by atoms with Crippen molar-refractivity contribution >= 4 is 28.5 Å². The van der Waals surface area contributed by atoms with Gasteiger partial charge in [-0.25, -0.2) is 4.98 Å². The van der Waals surface area contributed by atoms with E-state index in [4.69, 9.17) is 11.6 Å². The van der Waals surface area contributed by atoms with Gasteiger partial charge in [-0.1, -0.05) is 11.6 Å². The highest BCUT2D eigenvalue weighted by atomic mass is 35.5. The third-order valence-electron chi connectivity index (χ3n) is 4.78. The number of fused-ring (bicyclic) bond motifs is 1. The monoisotopic (exact) mass is 370 g/mol. The first-order valence-corrected chi connectivity index (χ1v) is 9.11. The van der Waals surface area contributed by atoms with Crippen LogP contribution >= 0.6 is 11.6 Å². The zero-order valence-corrected chi connectivity index (χ0v) is 15.0. The van der Waals surface area contributed by atoms with Gasteiger partial charge in [-0.15, -0.1) is 0 Å². The van der Waals surface area contributed by atoms with Gasteiger partial charge in [-0.2, -0.15) is 0 Å². The van der Waals surface area contributed by atoms with Gasteiger partial charge in [-0.05, 0) is 49.6 Å². The van der Waals surface area contributed by atoms with Gasteiger partial charge in [0, 0.05) is 30.0 Å². The molecule has 1 aliphatic heterocycles.